The number of hydrogen-bond donors (Lipinski definition) is 0. The van der Waals surface area contributed by atoms with Crippen LogP contribution in [-0.2, 0) is 6.54 Å². The number of hydrogen-bond acceptors (Lipinski definition) is 5. The van der Waals surface area contributed by atoms with E-state index in [1.807, 2.05) is 6.20 Å². The SMILES string of the molecule is c1ccc(CN2CCN(c3ccnc(N4CCC(c5ccccc5)CC4)n3)CC2)cc1. The van der Waals surface area contributed by atoms with E-state index in [1.54, 1.807) is 0 Å². The number of anilines is 2. The average molecular weight is 414 g/mol. The molecule has 0 radical (unpaired) electrons. The molecule has 3 aromatic rings. The van der Waals surface area contributed by atoms with Crippen LogP contribution in [0.15, 0.2) is 72.9 Å². The van der Waals surface area contributed by atoms with Crippen LogP contribution in [0.2, 0.25) is 0 Å². The summed E-state index contributed by atoms with van der Waals surface area (Å²) in [5, 5.41) is 0. The molecular formula is C26H31N5. The highest BCUT2D eigenvalue weighted by atomic mass is 15.3. The summed E-state index contributed by atoms with van der Waals surface area (Å²) in [6.45, 7) is 7.23. The van der Waals surface area contributed by atoms with E-state index in [2.05, 4.69) is 86.4 Å². The lowest BCUT2D eigenvalue weighted by atomic mass is 9.90. The monoisotopic (exact) mass is 413 g/mol. The molecule has 0 amide bonds. The van der Waals surface area contributed by atoms with E-state index in [-0.39, 0.29) is 0 Å². The average Bonchev–Trinajstić information content (AvgIpc) is 2.86. The maximum Gasteiger partial charge on any atom is 0.227 e. The predicted octanol–water partition coefficient (Wildman–Crippen LogP) is 4.18. The van der Waals surface area contributed by atoms with Gasteiger partial charge in [0.2, 0.25) is 5.95 Å². The second-order valence-electron chi connectivity index (χ2n) is 8.64. The topological polar surface area (TPSA) is 35.5 Å². The fraction of sp³-hybridized carbons (Fsp3) is 0.385. The third-order valence-corrected chi connectivity index (χ3v) is 6.62. The van der Waals surface area contributed by atoms with Gasteiger partial charge in [0.25, 0.3) is 0 Å². The second-order valence-corrected chi connectivity index (χ2v) is 8.64. The van der Waals surface area contributed by atoms with Crippen molar-refractivity contribution in [3.8, 4) is 0 Å². The van der Waals surface area contributed by atoms with Gasteiger partial charge in [0.1, 0.15) is 5.82 Å². The van der Waals surface area contributed by atoms with Crippen LogP contribution in [0, 0.1) is 0 Å². The first-order chi connectivity index (χ1) is 15.3. The van der Waals surface area contributed by atoms with Crippen LogP contribution in [0.1, 0.15) is 29.9 Å². The Morgan fingerprint density at radius 1 is 0.710 bits per heavy atom. The molecule has 2 aromatic carbocycles. The largest absolute Gasteiger partial charge is 0.354 e. The zero-order chi connectivity index (χ0) is 20.9. The first kappa shape index (κ1) is 20.0. The minimum Gasteiger partial charge on any atom is -0.354 e. The molecule has 2 aliphatic rings. The molecule has 1 aromatic heterocycles. The van der Waals surface area contributed by atoms with Crippen LogP contribution in [0.3, 0.4) is 0 Å². The predicted molar refractivity (Wildman–Crippen MR) is 127 cm³/mol. The molecule has 5 nitrogen and oxygen atoms in total. The second kappa shape index (κ2) is 9.48. The van der Waals surface area contributed by atoms with Crippen molar-refractivity contribution < 1.29 is 0 Å². The fourth-order valence-corrected chi connectivity index (χ4v) is 4.78. The van der Waals surface area contributed by atoms with Crippen LogP contribution in [0.25, 0.3) is 0 Å². The van der Waals surface area contributed by atoms with E-state index in [4.69, 9.17) is 4.98 Å². The molecule has 160 valence electrons. The Labute approximate surface area is 185 Å². The number of rotatable bonds is 5. The van der Waals surface area contributed by atoms with E-state index >= 15 is 0 Å². The Kier molecular flexibility index (Phi) is 6.12. The number of piperazine rings is 1. The molecule has 0 aliphatic carbocycles. The summed E-state index contributed by atoms with van der Waals surface area (Å²) in [4.78, 5) is 16.8. The van der Waals surface area contributed by atoms with Crippen LogP contribution in [0.4, 0.5) is 11.8 Å². The Bertz CT molecular complexity index is 946. The Balaban J connectivity index is 1.17. The third kappa shape index (κ3) is 4.88. The van der Waals surface area contributed by atoms with Crippen molar-refractivity contribution in [2.45, 2.75) is 25.3 Å². The molecule has 2 fully saturated rings. The zero-order valence-corrected chi connectivity index (χ0v) is 18.1. The maximum atomic E-state index is 4.95. The highest BCUT2D eigenvalue weighted by molar-refractivity contribution is 5.44. The van der Waals surface area contributed by atoms with Crippen molar-refractivity contribution in [3.05, 3.63) is 84.1 Å². The van der Waals surface area contributed by atoms with Gasteiger partial charge in [-0.25, -0.2) is 4.98 Å². The Morgan fingerprint density at radius 3 is 2.10 bits per heavy atom. The lowest BCUT2D eigenvalue weighted by molar-refractivity contribution is 0.249. The van der Waals surface area contributed by atoms with Gasteiger partial charge in [0.05, 0.1) is 0 Å². The lowest BCUT2D eigenvalue weighted by Crippen LogP contribution is -2.46. The van der Waals surface area contributed by atoms with Gasteiger partial charge < -0.3 is 9.80 Å². The normalized spacial score (nSPS) is 18.3. The summed E-state index contributed by atoms with van der Waals surface area (Å²) in [6.07, 6.45) is 4.25. The van der Waals surface area contributed by atoms with Crippen LogP contribution < -0.4 is 9.80 Å². The third-order valence-electron chi connectivity index (χ3n) is 6.62. The van der Waals surface area contributed by atoms with Gasteiger partial charge in [-0.1, -0.05) is 60.7 Å². The van der Waals surface area contributed by atoms with Gasteiger partial charge in [0.15, 0.2) is 0 Å². The number of aromatic nitrogens is 2. The standard InChI is InChI=1S/C26H31N5/c1-3-7-22(8-4-1)21-29-17-19-30(20-18-29)25-11-14-27-26(28-25)31-15-12-24(13-16-31)23-9-5-2-6-10-23/h1-11,14,24H,12-13,15-21H2. The quantitative estimate of drug-likeness (QED) is 0.627. The molecule has 0 bridgehead atoms. The first-order valence-electron chi connectivity index (χ1n) is 11.5. The van der Waals surface area contributed by atoms with Crippen molar-refractivity contribution >= 4 is 11.8 Å². The number of nitrogens with zero attached hydrogens (tertiary/aromatic N) is 5. The molecule has 5 heteroatoms. The zero-order valence-electron chi connectivity index (χ0n) is 18.1. The lowest BCUT2D eigenvalue weighted by Gasteiger charge is -2.36. The summed E-state index contributed by atoms with van der Waals surface area (Å²) < 4.78 is 0. The van der Waals surface area contributed by atoms with Crippen molar-refractivity contribution in [1.82, 2.24) is 14.9 Å². The molecule has 2 saturated heterocycles. The summed E-state index contributed by atoms with van der Waals surface area (Å²) in [5.41, 5.74) is 2.85. The van der Waals surface area contributed by atoms with Crippen LogP contribution >= 0.6 is 0 Å². The number of piperidine rings is 1. The highest BCUT2D eigenvalue weighted by Gasteiger charge is 2.23. The van der Waals surface area contributed by atoms with Gasteiger partial charge >= 0.3 is 0 Å². The molecule has 3 heterocycles. The summed E-state index contributed by atoms with van der Waals surface area (Å²) in [7, 11) is 0. The smallest absolute Gasteiger partial charge is 0.227 e. The minimum atomic E-state index is 0.651. The summed E-state index contributed by atoms with van der Waals surface area (Å²) in [5.74, 6) is 2.60. The van der Waals surface area contributed by atoms with Crippen LogP contribution in [0.5, 0.6) is 0 Å². The van der Waals surface area contributed by atoms with Gasteiger partial charge in [-0.2, -0.15) is 4.98 Å². The highest BCUT2D eigenvalue weighted by Crippen LogP contribution is 2.29. The fourth-order valence-electron chi connectivity index (χ4n) is 4.78. The Hall–Kier alpha value is -2.92. The summed E-state index contributed by atoms with van der Waals surface area (Å²) in [6, 6.07) is 23.7. The van der Waals surface area contributed by atoms with Gasteiger partial charge in [-0.05, 0) is 36.0 Å². The van der Waals surface area contributed by atoms with Crippen molar-refractivity contribution in [2.24, 2.45) is 0 Å². The van der Waals surface area contributed by atoms with E-state index < -0.39 is 0 Å². The molecule has 0 N–H and O–H groups in total. The number of benzene rings is 2. The van der Waals surface area contributed by atoms with Crippen LogP contribution in [-0.4, -0.2) is 54.1 Å². The van der Waals surface area contributed by atoms with Crippen molar-refractivity contribution in [3.63, 3.8) is 0 Å². The maximum absolute atomic E-state index is 4.95. The molecule has 0 unspecified atom stereocenters. The molecule has 5 rings (SSSR count). The summed E-state index contributed by atoms with van der Waals surface area (Å²) >= 11 is 0. The molecule has 0 saturated carbocycles. The van der Waals surface area contributed by atoms with Gasteiger partial charge in [0, 0.05) is 52.0 Å². The molecule has 31 heavy (non-hydrogen) atoms. The van der Waals surface area contributed by atoms with Gasteiger partial charge in [-0.3, -0.25) is 4.90 Å². The van der Waals surface area contributed by atoms with E-state index in [9.17, 15) is 0 Å². The minimum absolute atomic E-state index is 0.651. The Morgan fingerprint density at radius 2 is 1.39 bits per heavy atom. The molecule has 2 aliphatic heterocycles. The molecular weight excluding hydrogens is 382 g/mol. The van der Waals surface area contributed by atoms with E-state index in [0.717, 1.165) is 70.4 Å². The molecule has 0 spiro atoms. The van der Waals surface area contributed by atoms with Crippen molar-refractivity contribution in [2.75, 3.05) is 49.1 Å². The van der Waals surface area contributed by atoms with E-state index in [0.29, 0.717) is 5.92 Å². The molecule has 0 atom stereocenters. The van der Waals surface area contributed by atoms with Gasteiger partial charge in [-0.15, -0.1) is 0 Å². The van der Waals surface area contributed by atoms with E-state index in [1.165, 1.54) is 11.1 Å². The van der Waals surface area contributed by atoms with Crippen molar-refractivity contribution in [1.29, 1.82) is 0 Å². The first-order valence-corrected chi connectivity index (χ1v) is 11.5.